The molecule has 6 nitrogen and oxygen atoms in total. The van der Waals surface area contributed by atoms with Gasteiger partial charge in [-0.3, -0.25) is 14.8 Å². The first-order valence-corrected chi connectivity index (χ1v) is 9.52. The van der Waals surface area contributed by atoms with Gasteiger partial charge in [-0.05, 0) is 49.7 Å². The Morgan fingerprint density at radius 2 is 2.00 bits per heavy atom. The van der Waals surface area contributed by atoms with Gasteiger partial charge in [-0.25, -0.2) is 4.79 Å². The molecule has 0 fully saturated rings. The van der Waals surface area contributed by atoms with Crippen molar-refractivity contribution >= 4 is 51.2 Å². The maximum atomic E-state index is 12.5. The summed E-state index contributed by atoms with van der Waals surface area (Å²) in [5.41, 5.74) is 3.80. The van der Waals surface area contributed by atoms with Gasteiger partial charge in [0, 0.05) is 16.3 Å². The SMILES string of the molecule is CCOC(=O)C1C=Nc2ccc(C(=O)OC)cc2C1=Nc1ccc(C)c(Br)c1. The van der Waals surface area contributed by atoms with Gasteiger partial charge >= 0.3 is 11.9 Å². The highest BCUT2D eigenvalue weighted by atomic mass is 79.9. The average molecular weight is 443 g/mol. The van der Waals surface area contributed by atoms with Crippen molar-refractivity contribution in [3.63, 3.8) is 0 Å². The average Bonchev–Trinajstić information content (AvgIpc) is 2.70. The minimum atomic E-state index is -0.763. The van der Waals surface area contributed by atoms with Crippen LogP contribution in [0.15, 0.2) is 50.9 Å². The topological polar surface area (TPSA) is 77.3 Å². The second-order valence-corrected chi connectivity index (χ2v) is 7.02. The highest BCUT2D eigenvalue weighted by molar-refractivity contribution is 9.10. The fourth-order valence-electron chi connectivity index (χ4n) is 2.82. The second-order valence-electron chi connectivity index (χ2n) is 6.16. The molecule has 1 heterocycles. The number of benzene rings is 2. The fourth-order valence-corrected chi connectivity index (χ4v) is 3.18. The highest BCUT2D eigenvalue weighted by Gasteiger charge is 2.31. The number of rotatable bonds is 4. The van der Waals surface area contributed by atoms with Crippen LogP contribution in [0.5, 0.6) is 0 Å². The molecule has 0 aromatic heterocycles. The Labute approximate surface area is 171 Å². The standard InChI is InChI=1S/C21H19BrN2O4/c1-4-28-21(26)16-11-23-18-8-6-13(20(25)27-3)9-15(18)19(16)24-14-7-5-12(2)17(22)10-14/h5-11,16H,4H2,1-3H3. The Hall–Kier alpha value is -2.80. The summed E-state index contributed by atoms with van der Waals surface area (Å²) >= 11 is 3.50. The first-order chi connectivity index (χ1) is 13.4. The summed E-state index contributed by atoms with van der Waals surface area (Å²) in [7, 11) is 1.32. The molecule has 3 rings (SSSR count). The number of carbonyl (C=O) groups is 2. The maximum Gasteiger partial charge on any atom is 0.337 e. The number of esters is 2. The molecule has 0 amide bonds. The number of carbonyl (C=O) groups excluding carboxylic acids is 2. The summed E-state index contributed by atoms with van der Waals surface area (Å²) < 4.78 is 10.9. The van der Waals surface area contributed by atoms with E-state index in [1.165, 1.54) is 13.3 Å². The summed E-state index contributed by atoms with van der Waals surface area (Å²) in [6.45, 7) is 3.98. The Morgan fingerprint density at radius 3 is 2.68 bits per heavy atom. The summed E-state index contributed by atoms with van der Waals surface area (Å²) in [5.74, 6) is -1.67. The quantitative estimate of drug-likeness (QED) is 0.650. The van der Waals surface area contributed by atoms with Gasteiger partial charge in [0.25, 0.3) is 0 Å². The summed E-state index contributed by atoms with van der Waals surface area (Å²) in [6.07, 6.45) is 1.53. The van der Waals surface area contributed by atoms with Gasteiger partial charge in [0.05, 0.1) is 36.4 Å². The fraction of sp³-hybridized carbons (Fsp3) is 0.238. The van der Waals surface area contributed by atoms with E-state index in [2.05, 4.69) is 20.9 Å². The van der Waals surface area contributed by atoms with Gasteiger partial charge < -0.3 is 9.47 Å². The van der Waals surface area contributed by atoms with Gasteiger partial charge in [0.2, 0.25) is 0 Å². The number of fused-ring (bicyclic) bond motifs is 1. The number of methoxy groups -OCH3 is 1. The van der Waals surface area contributed by atoms with Crippen molar-refractivity contribution in [2.45, 2.75) is 13.8 Å². The Kier molecular flexibility index (Phi) is 6.04. The molecule has 0 bridgehead atoms. The minimum absolute atomic E-state index is 0.252. The third kappa shape index (κ3) is 4.04. The molecule has 1 aliphatic heterocycles. The zero-order valence-electron chi connectivity index (χ0n) is 15.7. The van der Waals surface area contributed by atoms with E-state index in [4.69, 9.17) is 14.5 Å². The van der Waals surface area contributed by atoms with E-state index in [-0.39, 0.29) is 6.61 Å². The van der Waals surface area contributed by atoms with Crippen molar-refractivity contribution in [1.82, 2.24) is 0 Å². The third-order valence-corrected chi connectivity index (χ3v) is 5.15. The highest BCUT2D eigenvalue weighted by Crippen LogP contribution is 2.31. The van der Waals surface area contributed by atoms with Crippen LogP contribution in [-0.4, -0.2) is 37.6 Å². The number of hydrogen-bond donors (Lipinski definition) is 0. The number of halogens is 1. The Bertz CT molecular complexity index is 998. The molecular weight excluding hydrogens is 424 g/mol. The first kappa shape index (κ1) is 19.9. The lowest BCUT2D eigenvalue weighted by molar-refractivity contribution is -0.143. The molecule has 28 heavy (non-hydrogen) atoms. The van der Waals surface area contributed by atoms with Crippen molar-refractivity contribution in [3.8, 4) is 0 Å². The molecule has 0 spiro atoms. The molecule has 1 unspecified atom stereocenters. The van der Waals surface area contributed by atoms with E-state index < -0.39 is 17.9 Å². The lowest BCUT2D eigenvalue weighted by atomic mass is 9.92. The zero-order chi connectivity index (χ0) is 20.3. The van der Waals surface area contributed by atoms with Gasteiger partial charge in [-0.2, -0.15) is 0 Å². The maximum absolute atomic E-state index is 12.5. The predicted octanol–water partition coefficient (Wildman–Crippen LogP) is 4.56. The van der Waals surface area contributed by atoms with E-state index >= 15 is 0 Å². The van der Waals surface area contributed by atoms with Crippen LogP contribution in [0.25, 0.3) is 0 Å². The molecule has 1 aliphatic rings. The lowest BCUT2D eigenvalue weighted by Gasteiger charge is -2.21. The Morgan fingerprint density at radius 1 is 1.21 bits per heavy atom. The number of aliphatic imine (C=N–C) groups is 2. The lowest BCUT2D eigenvalue weighted by Crippen LogP contribution is -2.30. The van der Waals surface area contributed by atoms with Gasteiger partial charge in [0.1, 0.15) is 5.92 Å². The van der Waals surface area contributed by atoms with Crippen LogP contribution < -0.4 is 0 Å². The second kappa shape index (κ2) is 8.48. The van der Waals surface area contributed by atoms with Crippen LogP contribution in [0.3, 0.4) is 0 Å². The van der Waals surface area contributed by atoms with E-state index in [9.17, 15) is 9.59 Å². The van der Waals surface area contributed by atoms with Crippen LogP contribution in [0.1, 0.15) is 28.4 Å². The molecular formula is C21H19BrN2O4. The normalized spacial score (nSPS) is 16.6. The summed E-state index contributed by atoms with van der Waals surface area (Å²) in [4.78, 5) is 33.5. The number of aryl methyl sites for hydroxylation is 1. The van der Waals surface area contributed by atoms with E-state index in [1.807, 2.05) is 25.1 Å². The van der Waals surface area contributed by atoms with Crippen LogP contribution in [0.2, 0.25) is 0 Å². The molecule has 0 saturated heterocycles. The van der Waals surface area contributed by atoms with Crippen LogP contribution >= 0.6 is 15.9 Å². The number of hydrogen-bond acceptors (Lipinski definition) is 6. The molecule has 2 aromatic carbocycles. The largest absolute Gasteiger partial charge is 0.465 e. The molecule has 144 valence electrons. The van der Waals surface area contributed by atoms with Crippen LogP contribution in [-0.2, 0) is 14.3 Å². The molecule has 2 aromatic rings. The molecule has 0 aliphatic carbocycles. The van der Waals surface area contributed by atoms with Crippen LogP contribution in [0.4, 0.5) is 11.4 Å². The van der Waals surface area contributed by atoms with Gasteiger partial charge in [0.15, 0.2) is 0 Å². The van der Waals surface area contributed by atoms with Gasteiger partial charge in [-0.1, -0.05) is 22.0 Å². The molecule has 7 heteroatoms. The molecule has 1 atom stereocenters. The summed E-state index contributed by atoms with van der Waals surface area (Å²) in [6, 6.07) is 10.7. The van der Waals surface area contributed by atoms with Crippen molar-refractivity contribution in [1.29, 1.82) is 0 Å². The van der Waals surface area contributed by atoms with E-state index in [1.54, 1.807) is 25.1 Å². The van der Waals surface area contributed by atoms with Crippen molar-refractivity contribution in [2.24, 2.45) is 15.9 Å². The van der Waals surface area contributed by atoms with E-state index in [0.29, 0.717) is 28.2 Å². The number of nitrogens with zero attached hydrogens (tertiary/aromatic N) is 2. The number of ether oxygens (including phenoxy) is 2. The monoisotopic (exact) mass is 442 g/mol. The van der Waals surface area contributed by atoms with Crippen LogP contribution in [0, 0.1) is 12.8 Å². The predicted molar refractivity (Wildman–Crippen MR) is 111 cm³/mol. The summed E-state index contributed by atoms with van der Waals surface area (Å²) in [5, 5.41) is 0. The zero-order valence-corrected chi connectivity index (χ0v) is 17.3. The third-order valence-electron chi connectivity index (χ3n) is 4.30. The molecule has 0 N–H and O–H groups in total. The van der Waals surface area contributed by atoms with Gasteiger partial charge in [-0.15, -0.1) is 0 Å². The van der Waals surface area contributed by atoms with Crippen molar-refractivity contribution in [2.75, 3.05) is 13.7 Å². The van der Waals surface area contributed by atoms with E-state index in [0.717, 1.165) is 10.0 Å². The smallest absolute Gasteiger partial charge is 0.337 e. The molecule has 0 saturated carbocycles. The first-order valence-electron chi connectivity index (χ1n) is 8.73. The van der Waals surface area contributed by atoms with Crippen molar-refractivity contribution in [3.05, 3.63) is 57.6 Å². The van der Waals surface area contributed by atoms with Crippen molar-refractivity contribution < 1.29 is 19.1 Å². The molecule has 0 radical (unpaired) electrons. The Balaban J connectivity index is 2.16. The minimum Gasteiger partial charge on any atom is -0.465 e.